The number of rotatable bonds is 4. The van der Waals surface area contributed by atoms with Crippen molar-refractivity contribution in [1.29, 1.82) is 0 Å². The Bertz CT molecular complexity index is 1090. The maximum absolute atomic E-state index is 13.8. The number of carbonyl (C=O) groups is 1. The van der Waals surface area contributed by atoms with Gasteiger partial charge in [-0.15, -0.1) is 0 Å². The monoisotopic (exact) mass is 448 g/mol. The molecule has 5 nitrogen and oxygen atoms in total. The minimum absolute atomic E-state index is 0.0517. The van der Waals surface area contributed by atoms with Crippen LogP contribution in [-0.4, -0.2) is 21.9 Å². The van der Waals surface area contributed by atoms with E-state index in [1.807, 2.05) is 19.1 Å². The van der Waals surface area contributed by atoms with Crippen LogP contribution >= 0.6 is 11.6 Å². The molecule has 0 saturated heterocycles. The lowest BCUT2D eigenvalue weighted by molar-refractivity contribution is -0.173. The van der Waals surface area contributed by atoms with Crippen molar-refractivity contribution in [3.8, 4) is 0 Å². The molecule has 1 aliphatic rings. The predicted molar refractivity (Wildman–Crippen MR) is 112 cm³/mol. The van der Waals surface area contributed by atoms with Crippen LogP contribution in [0.25, 0.3) is 0 Å². The lowest BCUT2D eigenvalue weighted by Gasteiger charge is -2.34. The van der Waals surface area contributed by atoms with Gasteiger partial charge in [-0.25, -0.2) is 4.68 Å². The first-order valence-corrected chi connectivity index (χ1v) is 10.1. The summed E-state index contributed by atoms with van der Waals surface area (Å²) < 4.78 is 42.2. The zero-order chi connectivity index (χ0) is 22.2. The second-order valence-electron chi connectivity index (χ2n) is 7.53. The van der Waals surface area contributed by atoms with Crippen molar-refractivity contribution >= 4 is 23.3 Å². The van der Waals surface area contributed by atoms with E-state index >= 15 is 0 Å². The number of aryl methyl sites for hydroxylation is 1. The highest BCUT2D eigenvalue weighted by Crippen LogP contribution is 2.44. The maximum Gasteiger partial charge on any atom is 0.410 e. The van der Waals surface area contributed by atoms with Crippen molar-refractivity contribution in [2.24, 2.45) is 0 Å². The van der Waals surface area contributed by atoms with Gasteiger partial charge in [0.15, 0.2) is 6.04 Å². The van der Waals surface area contributed by atoms with Crippen molar-refractivity contribution in [2.75, 3.05) is 5.32 Å². The van der Waals surface area contributed by atoms with Crippen LogP contribution in [-0.2, 0) is 6.54 Å². The molecule has 9 heteroatoms. The van der Waals surface area contributed by atoms with Gasteiger partial charge in [-0.2, -0.15) is 18.3 Å². The molecule has 0 bridgehead atoms. The molecule has 0 aliphatic carbocycles. The summed E-state index contributed by atoms with van der Waals surface area (Å²) in [6.45, 7) is 2.06. The Morgan fingerprint density at radius 1 is 1.23 bits per heavy atom. The highest BCUT2D eigenvalue weighted by atomic mass is 35.5. The normalized spacial score (nSPS) is 18.2. The Hall–Kier alpha value is -3.00. The molecular formula is C22H20ClF3N4O. The largest absolute Gasteiger partial charge is 0.410 e. The van der Waals surface area contributed by atoms with Gasteiger partial charge in [-0.1, -0.05) is 59.6 Å². The van der Waals surface area contributed by atoms with Crippen LogP contribution in [0.3, 0.4) is 0 Å². The molecule has 4 rings (SSSR count). The number of benzene rings is 2. The van der Waals surface area contributed by atoms with Crippen LogP contribution in [0.2, 0.25) is 5.02 Å². The third-order valence-electron chi connectivity index (χ3n) is 5.36. The third kappa shape index (κ3) is 4.39. The standard InChI is InChI=1S/C22H20ClF3N4O/c1-13-6-8-14(9-7-13)18-10-19(22(24,25)26)30-20(29-18)16(12-28-30)21(31)27-11-15-4-2-3-5-17(15)23/h2-9,12,18-19,29H,10-11H2,1H3,(H,27,31). The predicted octanol–water partition coefficient (Wildman–Crippen LogP) is 5.44. The van der Waals surface area contributed by atoms with Crippen molar-refractivity contribution in [2.45, 2.75) is 38.1 Å². The van der Waals surface area contributed by atoms with E-state index < -0.39 is 24.2 Å². The molecule has 2 atom stereocenters. The van der Waals surface area contributed by atoms with Crippen LogP contribution in [0.1, 0.15) is 45.6 Å². The van der Waals surface area contributed by atoms with Crippen LogP contribution in [0.4, 0.5) is 19.0 Å². The van der Waals surface area contributed by atoms with Gasteiger partial charge in [0.25, 0.3) is 5.91 Å². The zero-order valence-electron chi connectivity index (χ0n) is 16.6. The summed E-state index contributed by atoms with van der Waals surface area (Å²) in [5.41, 5.74) is 2.49. The summed E-state index contributed by atoms with van der Waals surface area (Å²) in [7, 11) is 0. The van der Waals surface area contributed by atoms with Crippen molar-refractivity contribution < 1.29 is 18.0 Å². The minimum Gasteiger partial charge on any atom is -0.363 e. The Balaban J connectivity index is 1.62. The molecule has 1 aromatic heterocycles. The summed E-state index contributed by atoms with van der Waals surface area (Å²) >= 11 is 6.11. The summed E-state index contributed by atoms with van der Waals surface area (Å²) in [4.78, 5) is 12.8. The van der Waals surface area contributed by atoms with Crippen LogP contribution < -0.4 is 10.6 Å². The fraction of sp³-hybridized carbons (Fsp3) is 0.273. The van der Waals surface area contributed by atoms with E-state index in [1.165, 1.54) is 6.20 Å². The van der Waals surface area contributed by atoms with E-state index in [0.29, 0.717) is 10.6 Å². The lowest BCUT2D eigenvalue weighted by Crippen LogP contribution is -2.36. The lowest BCUT2D eigenvalue weighted by atomic mass is 9.96. The number of aromatic nitrogens is 2. The molecule has 0 spiro atoms. The number of anilines is 1. The molecule has 1 amide bonds. The average molecular weight is 449 g/mol. The van der Waals surface area contributed by atoms with Gasteiger partial charge >= 0.3 is 6.18 Å². The fourth-order valence-corrected chi connectivity index (χ4v) is 3.86. The Kier molecular flexibility index (Phi) is 5.66. The van der Waals surface area contributed by atoms with E-state index in [1.54, 1.807) is 36.4 Å². The minimum atomic E-state index is -4.50. The number of nitrogens with one attached hydrogen (secondary N) is 2. The number of hydrogen-bond donors (Lipinski definition) is 2. The number of alkyl halides is 3. The highest BCUT2D eigenvalue weighted by Gasteiger charge is 2.47. The summed E-state index contributed by atoms with van der Waals surface area (Å²) in [6, 6.07) is 11.9. The molecule has 31 heavy (non-hydrogen) atoms. The van der Waals surface area contributed by atoms with Crippen molar-refractivity contribution in [1.82, 2.24) is 15.1 Å². The number of halogens is 4. The summed E-state index contributed by atoms with van der Waals surface area (Å²) in [5, 5.41) is 10.2. The molecular weight excluding hydrogens is 429 g/mol. The molecule has 2 N–H and O–H groups in total. The third-order valence-corrected chi connectivity index (χ3v) is 5.73. The molecule has 0 fully saturated rings. The number of fused-ring (bicyclic) bond motifs is 1. The summed E-state index contributed by atoms with van der Waals surface area (Å²) in [5.74, 6) is -0.477. The molecule has 3 aromatic rings. The smallest absolute Gasteiger partial charge is 0.363 e. The van der Waals surface area contributed by atoms with E-state index in [-0.39, 0.29) is 24.3 Å². The van der Waals surface area contributed by atoms with Gasteiger partial charge in [0.2, 0.25) is 0 Å². The fourth-order valence-electron chi connectivity index (χ4n) is 3.66. The second kappa shape index (κ2) is 8.26. The Labute approximate surface area is 182 Å². The van der Waals surface area contributed by atoms with Gasteiger partial charge in [-0.05, 0) is 24.1 Å². The van der Waals surface area contributed by atoms with Gasteiger partial charge in [0, 0.05) is 18.0 Å². The summed E-state index contributed by atoms with van der Waals surface area (Å²) in [6.07, 6.45) is -3.56. The van der Waals surface area contributed by atoms with Gasteiger partial charge in [0.05, 0.1) is 12.2 Å². The first-order valence-electron chi connectivity index (χ1n) is 9.73. The van der Waals surface area contributed by atoms with Crippen molar-refractivity contribution in [3.05, 3.63) is 82.0 Å². The number of nitrogens with zero attached hydrogens (tertiary/aromatic N) is 2. The topological polar surface area (TPSA) is 59.0 Å². The van der Waals surface area contributed by atoms with Crippen LogP contribution in [0.15, 0.2) is 54.7 Å². The molecule has 1 aliphatic heterocycles. The Morgan fingerprint density at radius 3 is 2.61 bits per heavy atom. The second-order valence-corrected chi connectivity index (χ2v) is 7.93. The molecule has 0 radical (unpaired) electrons. The number of carbonyl (C=O) groups excluding carboxylic acids is 1. The van der Waals surface area contributed by atoms with Crippen LogP contribution in [0.5, 0.6) is 0 Å². The zero-order valence-corrected chi connectivity index (χ0v) is 17.3. The Morgan fingerprint density at radius 2 is 1.94 bits per heavy atom. The first-order chi connectivity index (χ1) is 14.7. The average Bonchev–Trinajstić information content (AvgIpc) is 3.16. The highest BCUT2D eigenvalue weighted by molar-refractivity contribution is 6.31. The quantitative estimate of drug-likeness (QED) is 0.559. The van der Waals surface area contributed by atoms with E-state index in [2.05, 4.69) is 15.7 Å². The molecule has 2 heterocycles. The SMILES string of the molecule is Cc1ccc(C2CC(C(F)(F)F)n3ncc(C(=O)NCc4ccccc4Cl)c3N2)cc1. The van der Waals surface area contributed by atoms with E-state index in [4.69, 9.17) is 11.6 Å². The van der Waals surface area contributed by atoms with E-state index in [9.17, 15) is 18.0 Å². The van der Waals surface area contributed by atoms with Gasteiger partial charge in [-0.3, -0.25) is 4.79 Å². The molecule has 2 unspecified atom stereocenters. The van der Waals surface area contributed by atoms with Crippen LogP contribution in [0, 0.1) is 6.92 Å². The first kappa shape index (κ1) is 21.2. The van der Waals surface area contributed by atoms with Gasteiger partial charge < -0.3 is 10.6 Å². The number of amides is 1. The maximum atomic E-state index is 13.8. The van der Waals surface area contributed by atoms with E-state index in [0.717, 1.165) is 15.8 Å². The molecule has 162 valence electrons. The molecule has 0 saturated carbocycles. The molecule has 2 aromatic carbocycles. The number of hydrogen-bond acceptors (Lipinski definition) is 3. The van der Waals surface area contributed by atoms with Gasteiger partial charge in [0.1, 0.15) is 11.4 Å². The van der Waals surface area contributed by atoms with Crippen molar-refractivity contribution in [3.63, 3.8) is 0 Å².